The Morgan fingerprint density at radius 2 is 1.84 bits per heavy atom. The molecular weight excluding hydrogens is 310 g/mol. The van der Waals surface area contributed by atoms with Gasteiger partial charge < -0.3 is 10.6 Å². The Hall–Kier alpha value is -1.29. The molecule has 0 aromatic rings. The highest BCUT2D eigenvalue weighted by Gasteiger charge is 2.36. The molecule has 1 rings (SSSR count). The quantitative estimate of drug-likeness (QED) is 0.276. The summed E-state index contributed by atoms with van der Waals surface area (Å²) in [5, 5.41) is 6.47. The second kappa shape index (κ2) is 13.0. The van der Waals surface area contributed by atoms with Gasteiger partial charge in [0.25, 0.3) is 0 Å². The van der Waals surface area contributed by atoms with Crippen LogP contribution in [0.3, 0.4) is 0 Å². The van der Waals surface area contributed by atoms with Gasteiger partial charge in [-0.25, -0.2) is 0 Å². The van der Waals surface area contributed by atoms with Crippen molar-refractivity contribution in [2.24, 2.45) is 0 Å². The Kier molecular flexibility index (Phi) is 11.3. The predicted molar refractivity (Wildman–Crippen MR) is 107 cm³/mol. The Morgan fingerprint density at radius 3 is 2.52 bits per heavy atom. The minimum Gasteiger partial charge on any atom is -0.351 e. The van der Waals surface area contributed by atoms with E-state index in [0.717, 1.165) is 24.1 Å². The van der Waals surface area contributed by atoms with Crippen molar-refractivity contribution in [1.29, 1.82) is 0 Å². The van der Waals surface area contributed by atoms with Crippen LogP contribution in [0.5, 0.6) is 0 Å². The lowest BCUT2D eigenvalue weighted by Gasteiger charge is -2.37. The van der Waals surface area contributed by atoms with E-state index in [9.17, 15) is 4.79 Å². The summed E-state index contributed by atoms with van der Waals surface area (Å²) in [6.07, 6.45) is 21.1. The molecule has 1 heterocycles. The first-order chi connectivity index (χ1) is 12.1. The van der Waals surface area contributed by atoms with E-state index in [0.29, 0.717) is 6.17 Å². The van der Waals surface area contributed by atoms with E-state index >= 15 is 0 Å². The maximum atomic E-state index is 11.1. The molecule has 2 atom stereocenters. The van der Waals surface area contributed by atoms with Gasteiger partial charge in [-0.15, -0.1) is 0 Å². The third-order valence-electron chi connectivity index (χ3n) is 5.26. The number of allylic oxidation sites excluding steroid dienone is 2. The van der Waals surface area contributed by atoms with E-state index in [4.69, 9.17) is 0 Å². The van der Waals surface area contributed by atoms with Crippen molar-refractivity contribution < 1.29 is 9.28 Å². The monoisotopic (exact) mass is 350 g/mol. The zero-order chi connectivity index (χ0) is 18.4. The number of nitrogens with one attached hydrogen (secondary N) is 2. The molecule has 1 aliphatic rings. The molecule has 144 valence electrons. The predicted octanol–water partition coefficient (Wildman–Crippen LogP) is 4.45. The average molecular weight is 351 g/mol. The molecule has 0 saturated heterocycles. The number of amides is 1. The molecule has 2 N–H and O–H groups in total. The second-order valence-corrected chi connectivity index (χ2v) is 7.23. The largest absolute Gasteiger partial charge is 0.351 e. The minimum atomic E-state index is 0.0608. The summed E-state index contributed by atoms with van der Waals surface area (Å²) in [4.78, 5) is 11.1. The number of rotatable bonds is 14. The van der Waals surface area contributed by atoms with Crippen molar-refractivity contribution in [2.75, 3.05) is 19.6 Å². The van der Waals surface area contributed by atoms with Gasteiger partial charge in [-0.2, -0.15) is 0 Å². The lowest BCUT2D eigenvalue weighted by atomic mass is 10.1. The number of nitrogens with zero attached hydrogens (tertiary/aromatic N) is 1. The zero-order valence-corrected chi connectivity index (χ0v) is 16.7. The summed E-state index contributed by atoms with van der Waals surface area (Å²) in [5.74, 6) is 0.0608. The van der Waals surface area contributed by atoms with Gasteiger partial charge in [-0.3, -0.25) is 9.28 Å². The molecule has 4 nitrogen and oxygen atoms in total. The van der Waals surface area contributed by atoms with Crippen LogP contribution in [-0.4, -0.2) is 36.2 Å². The van der Waals surface area contributed by atoms with Gasteiger partial charge in [0.1, 0.15) is 12.7 Å². The summed E-state index contributed by atoms with van der Waals surface area (Å²) >= 11 is 0. The van der Waals surface area contributed by atoms with Crippen LogP contribution < -0.4 is 10.6 Å². The van der Waals surface area contributed by atoms with Gasteiger partial charge in [0.2, 0.25) is 5.91 Å². The van der Waals surface area contributed by atoms with Gasteiger partial charge in [0, 0.05) is 13.3 Å². The molecule has 0 aliphatic carbocycles. The van der Waals surface area contributed by atoms with Gasteiger partial charge >= 0.3 is 0 Å². The van der Waals surface area contributed by atoms with Crippen LogP contribution in [-0.2, 0) is 4.79 Å². The fourth-order valence-corrected chi connectivity index (χ4v) is 3.56. The van der Waals surface area contributed by atoms with E-state index in [1.54, 1.807) is 6.92 Å². The molecule has 0 aromatic carbocycles. The molecule has 4 heteroatoms. The van der Waals surface area contributed by atoms with Crippen LogP contribution in [0.1, 0.15) is 78.6 Å². The normalized spacial score (nSPS) is 22.4. The van der Waals surface area contributed by atoms with E-state index < -0.39 is 0 Å². The molecule has 0 fully saturated rings. The Morgan fingerprint density at radius 1 is 1.12 bits per heavy atom. The van der Waals surface area contributed by atoms with Crippen molar-refractivity contribution in [3.63, 3.8) is 0 Å². The molecule has 0 saturated carbocycles. The molecule has 0 spiro atoms. The Bertz CT molecular complexity index is 419. The first kappa shape index (κ1) is 21.8. The molecule has 0 radical (unpaired) electrons. The van der Waals surface area contributed by atoms with Gasteiger partial charge in [-0.05, 0) is 32.6 Å². The maximum absolute atomic E-state index is 11.1. The molecule has 0 aromatic heterocycles. The van der Waals surface area contributed by atoms with Crippen molar-refractivity contribution in [1.82, 2.24) is 10.6 Å². The molecule has 1 amide bonds. The average Bonchev–Trinajstić information content (AvgIpc) is 2.99. The summed E-state index contributed by atoms with van der Waals surface area (Å²) < 4.78 is 0.945. The molecule has 1 aliphatic heterocycles. The van der Waals surface area contributed by atoms with Gasteiger partial charge in [0.15, 0.2) is 6.17 Å². The van der Waals surface area contributed by atoms with E-state index in [2.05, 4.69) is 49.0 Å². The summed E-state index contributed by atoms with van der Waals surface area (Å²) in [6, 6.07) is 0. The Balaban J connectivity index is 2.18. The first-order valence-electron chi connectivity index (χ1n) is 10.3. The van der Waals surface area contributed by atoms with Crippen molar-refractivity contribution in [3.05, 3.63) is 24.6 Å². The zero-order valence-electron chi connectivity index (χ0n) is 16.7. The van der Waals surface area contributed by atoms with Gasteiger partial charge in [0.05, 0.1) is 19.3 Å². The minimum absolute atomic E-state index is 0.0608. The van der Waals surface area contributed by atoms with E-state index in [-0.39, 0.29) is 5.91 Å². The van der Waals surface area contributed by atoms with Crippen molar-refractivity contribution in [2.45, 2.75) is 84.7 Å². The molecule has 25 heavy (non-hydrogen) atoms. The Labute approximate surface area is 155 Å². The number of carbonyl (C=O) groups excluding carboxylic acids is 1. The highest BCUT2D eigenvalue weighted by molar-refractivity contribution is 5.72. The van der Waals surface area contributed by atoms with Crippen LogP contribution >= 0.6 is 0 Å². The topological polar surface area (TPSA) is 41.1 Å². The number of quaternary nitrogens is 1. The maximum Gasteiger partial charge on any atom is 0.217 e. The highest BCUT2D eigenvalue weighted by Crippen LogP contribution is 2.22. The first-order valence-corrected chi connectivity index (χ1v) is 10.3. The molecular formula is C21H40N3O+. The van der Waals surface area contributed by atoms with Gasteiger partial charge in [-0.1, -0.05) is 44.8 Å². The lowest BCUT2D eigenvalue weighted by molar-refractivity contribution is -0.898. The van der Waals surface area contributed by atoms with Crippen LogP contribution in [0.15, 0.2) is 24.6 Å². The van der Waals surface area contributed by atoms with Crippen LogP contribution in [0, 0.1) is 0 Å². The number of hydrogen-bond acceptors (Lipinski definition) is 2. The third kappa shape index (κ3) is 8.57. The number of likely N-dealkylation sites (N-methyl/N-ethyl adjacent to an activating group) is 1. The van der Waals surface area contributed by atoms with Crippen LogP contribution in [0.25, 0.3) is 0 Å². The second-order valence-electron chi connectivity index (χ2n) is 7.23. The molecule has 2 unspecified atom stereocenters. The van der Waals surface area contributed by atoms with Crippen LogP contribution in [0.2, 0.25) is 0 Å². The van der Waals surface area contributed by atoms with Crippen molar-refractivity contribution >= 4 is 5.91 Å². The fourth-order valence-electron chi connectivity index (χ4n) is 3.56. The SMILES string of the molecule is CCCC/C=C/CCCCCCC1NC=C[N+]1(CC)CCNC(C)=O. The fraction of sp³-hybridized carbons (Fsp3) is 0.762. The highest BCUT2D eigenvalue weighted by atomic mass is 16.1. The molecule has 0 bridgehead atoms. The number of hydrogen-bond donors (Lipinski definition) is 2. The lowest BCUT2D eigenvalue weighted by Crippen LogP contribution is -2.55. The van der Waals surface area contributed by atoms with Crippen LogP contribution in [0.4, 0.5) is 0 Å². The number of carbonyl (C=O) groups is 1. The van der Waals surface area contributed by atoms with Crippen molar-refractivity contribution in [3.8, 4) is 0 Å². The van der Waals surface area contributed by atoms with E-state index in [1.807, 2.05) is 0 Å². The van der Waals surface area contributed by atoms with E-state index in [1.165, 1.54) is 57.8 Å². The third-order valence-corrected chi connectivity index (χ3v) is 5.26. The summed E-state index contributed by atoms with van der Waals surface area (Å²) in [5.41, 5.74) is 0. The standard InChI is InChI=1S/C21H39N3O/c1-4-6-7-8-9-10-11-12-13-14-15-21-23-17-19-24(21,5-2)18-16-22-20(3)25/h8-9,17,19,21,23H,4-7,10-16,18H2,1-3H3/p+1/b9-8+. The smallest absolute Gasteiger partial charge is 0.217 e. The summed E-state index contributed by atoms with van der Waals surface area (Å²) in [6.45, 7) is 8.85. The number of unbranched alkanes of at least 4 members (excludes halogenated alkanes) is 6. The summed E-state index contributed by atoms with van der Waals surface area (Å²) in [7, 11) is 0.